The number of nitrogens with zero attached hydrogens (tertiary/aromatic N) is 2. The van der Waals surface area contributed by atoms with Gasteiger partial charge in [-0.2, -0.15) is 13.2 Å². The van der Waals surface area contributed by atoms with Crippen LogP contribution in [0, 0.1) is 11.3 Å². The molecule has 2 aliphatic rings. The van der Waals surface area contributed by atoms with Crippen LogP contribution in [0.4, 0.5) is 24.7 Å². The Kier molecular flexibility index (Phi) is 6.45. The Morgan fingerprint density at radius 3 is 2.39 bits per heavy atom. The van der Waals surface area contributed by atoms with Crippen molar-refractivity contribution in [3.63, 3.8) is 0 Å². The maximum absolute atomic E-state index is 12.8. The van der Waals surface area contributed by atoms with Crippen molar-refractivity contribution in [2.24, 2.45) is 11.3 Å². The lowest BCUT2D eigenvalue weighted by Gasteiger charge is -2.43. The third kappa shape index (κ3) is 5.08. The van der Waals surface area contributed by atoms with Gasteiger partial charge in [0.05, 0.1) is 19.0 Å². The van der Waals surface area contributed by atoms with Crippen LogP contribution in [0.5, 0.6) is 0 Å². The van der Waals surface area contributed by atoms with Gasteiger partial charge < -0.3 is 10.1 Å². The van der Waals surface area contributed by atoms with Gasteiger partial charge in [0.15, 0.2) is 0 Å². The van der Waals surface area contributed by atoms with Crippen LogP contribution < -0.4 is 5.32 Å². The number of carbonyl (C=O) groups is 1. The van der Waals surface area contributed by atoms with E-state index in [4.69, 9.17) is 4.74 Å². The van der Waals surface area contributed by atoms with Crippen molar-refractivity contribution in [1.29, 1.82) is 0 Å². The number of esters is 1. The van der Waals surface area contributed by atoms with Crippen LogP contribution in [0.2, 0.25) is 0 Å². The standard InChI is InChI=1S/C28H28F3N3O2/c1-36-26(35)12-18-10-11-27(13-19-4-2-3-5-20(19)14-27)15-23(18)21-6-9-25(33-16-21)34-22-7-8-24(32-17-22)28(29,30)31/h2-9,16-18,23H,10-15H2,1H3,(H,33,34). The fourth-order valence-electron chi connectivity index (χ4n) is 5.94. The molecule has 36 heavy (non-hydrogen) atoms. The molecule has 2 unspecified atom stereocenters. The van der Waals surface area contributed by atoms with E-state index in [9.17, 15) is 18.0 Å². The Morgan fingerprint density at radius 2 is 1.81 bits per heavy atom. The van der Waals surface area contributed by atoms with Crippen molar-refractivity contribution < 1.29 is 22.7 Å². The van der Waals surface area contributed by atoms with Gasteiger partial charge in [-0.3, -0.25) is 4.79 Å². The third-order valence-corrected chi connectivity index (χ3v) is 7.71. The first kappa shape index (κ1) is 24.3. The lowest BCUT2D eigenvalue weighted by atomic mass is 9.61. The highest BCUT2D eigenvalue weighted by atomic mass is 19.4. The van der Waals surface area contributed by atoms with Crippen LogP contribution in [0.3, 0.4) is 0 Å². The number of hydrogen-bond acceptors (Lipinski definition) is 5. The van der Waals surface area contributed by atoms with E-state index in [1.807, 2.05) is 18.3 Å². The molecule has 188 valence electrons. The van der Waals surface area contributed by atoms with Crippen LogP contribution >= 0.6 is 0 Å². The molecule has 5 nitrogen and oxygen atoms in total. The number of alkyl halides is 3. The molecule has 2 atom stereocenters. The second kappa shape index (κ2) is 9.56. The number of benzene rings is 1. The molecule has 2 heterocycles. The topological polar surface area (TPSA) is 64.1 Å². The number of hydrogen-bond donors (Lipinski definition) is 1. The molecule has 0 radical (unpaired) electrons. The minimum atomic E-state index is -4.47. The van der Waals surface area contributed by atoms with Gasteiger partial charge in [0, 0.05) is 12.6 Å². The summed E-state index contributed by atoms with van der Waals surface area (Å²) in [5, 5.41) is 3.01. The van der Waals surface area contributed by atoms with Crippen LogP contribution in [0.15, 0.2) is 60.9 Å². The predicted octanol–water partition coefficient (Wildman–Crippen LogP) is 6.47. The summed E-state index contributed by atoms with van der Waals surface area (Å²) >= 11 is 0. The fourth-order valence-corrected chi connectivity index (χ4v) is 5.94. The first-order valence-corrected chi connectivity index (χ1v) is 12.1. The SMILES string of the molecule is COC(=O)CC1CCC2(Cc3ccccc3C2)CC1c1ccc(Nc2ccc(C(F)(F)F)nc2)nc1. The maximum atomic E-state index is 12.8. The van der Waals surface area contributed by atoms with Gasteiger partial charge in [0.2, 0.25) is 0 Å². The monoisotopic (exact) mass is 495 g/mol. The Labute approximate surface area is 208 Å². The second-order valence-corrected chi connectivity index (χ2v) is 10.0. The molecule has 0 bridgehead atoms. The summed E-state index contributed by atoms with van der Waals surface area (Å²) in [5.41, 5.74) is 3.58. The molecule has 1 aromatic carbocycles. The van der Waals surface area contributed by atoms with E-state index in [2.05, 4.69) is 39.6 Å². The molecule has 3 aromatic rings. The molecule has 1 N–H and O–H groups in total. The number of carbonyl (C=O) groups excluding carboxylic acids is 1. The predicted molar refractivity (Wildman–Crippen MR) is 130 cm³/mol. The summed E-state index contributed by atoms with van der Waals surface area (Å²) in [6.45, 7) is 0. The number of nitrogens with one attached hydrogen (secondary N) is 1. The van der Waals surface area contributed by atoms with Crippen molar-refractivity contribution >= 4 is 17.5 Å². The van der Waals surface area contributed by atoms with E-state index in [1.165, 1.54) is 24.3 Å². The van der Waals surface area contributed by atoms with E-state index in [1.54, 1.807) is 0 Å². The second-order valence-electron chi connectivity index (χ2n) is 10.0. The molecule has 0 aliphatic heterocycles. The summed E-state index contributed by atoms with van der Waals surface area (Å²) in [6.07, 6.45) is 3.97. The maximum Gasteiger partial charge on any atom is 0.433 e. The average Bonchev–Trinajstić information content (AvgIpc) is 3.23. The molecular weight excluding hydrogens is 467 g/mol. The molecule has 1 saturated carbocycles. The van der Waals surface area contributed by atoms with Crippen molar-refractivity contribution in [3.05, 3.63) is 83.3 Å². The Balaban J connectivity index is 1.34. The Hall–Kier alpha value is -3.42. The Morgan fingerprint density at radius 1 is 1.06 bits per heavy atom. The third-order valence-electron chi connectivity index (χ3n) is 7.71. The lowest BCUT2D eigenvalue weighted by Crippen LogP contribution is -2.34. The minimum absolute atomic E-state index is 0.168. The smallest absolute Gasteiger partial charge is 0.433 e. The largest absolute Gasteiger partial charge is 0.469 e. The lowest BCUT2D eigenvalue weighted by molar-refractivity contribution is -0.142. The number of fused-ring (bicyclic) bond motifs is 1. The zero-order chi connectivity index (χ0) is 25.3. The van der Waals surface area contributed by atoms with Gasteiger partial charge in [0.1, 0.15) is 11.5 Å². The molecule has 1 spiro atoms. The summed E-state index contributed by atoms with van der Waals surface area (Å²) in [6, 6.07) is 14.7. The summed E-state index contributed by atoms with van der Waals surface area (Å²) in [7, 11) is 1.42. The fraction of sp³-hybridized carbons (Fsp3) is 0.393. The van der Waals surface area contributed by atoms with E-state index in [0.717, 1.165) is 49.9 Å². The Bertz CT molecular complexity index is 1200. The molecule has 1 fully saturated rings. The number of halogens is 3. The van der Waals surface area contributed by atoms with Crippen molar-refractivity contribution in [3.8, 4) is 0 Å². The van der Waals surface area contributed by atoms with Gasteiger partial charge in [-0.05, 0) is 84.2 Å². The molecule has 8 heteroatoms. The van der Waals surface area contributed by atoms with Crippen LogP contribution in [0.1, 0.15) is 54.0 Å². The molecule has 2 aromatic heterocycles. The average molecular weight is 496 g/mol. The highest BCUT2D eigenvalue weighted by Gasteiger charge is 2.45. The van der Waals surface area contributed by atoms with Crippen LogP contribution in [-0.2, 0) is 28.5 Å². The van der Waals surface area contributed by atoms with Gasteiger partial charge in [-0.15, -0.1) is 0 Å². The number of anilines is 2. The van der Waals surface area contributed by atoms with Gasteiger partial charge >= 0.3 is 12.1 Å². The van der Waals surface area contributed by atoms with Crippen LogP contribution in [0.25, 0.3) is 0 Å². The van der Waals surface area contributed by atoms with E-state index in [0.29, 0.717) is 17.9 Å². The van der Waals surface area contributed by atoms with E-state index in [-0.39, 0.29) is 23.2 Å². The number of ether oxygens (including phenoxy) is 1. The number of pyridine rings is 2. The number of methoxy groups -OCH3 is 1. The van der Waals surface area contributed by atoms with Crippen molar-refractivity contribution in [2.45, 2.75) is 50.6 Å². The van der Waals surface area contributed by atoms with Gasteiger partial charge in [-0.25, -0.2) is 9.97 Å². The minimum Gasteiger partial charge on any atom is -0.469 e. The zero-order valence-electron chi connectivity index (χ0n) is 20.0. The van der Waals surface area contributed by atoms with E-state index >= 15 is 0 Å². The molecule has 5 rings (SSSR count). The molecular formula is C28H28F3N3O2. The summed E-state index contributed by atoms with van der Waals surface area (Å²) in [4.78, 5) is 20.2. The quantitative estimate of drug-likeness (QED) is 0.411. The summed E-state index contributed by atoms with van der Waals surface area (Å²) in [5.74, 6) is 0.660. The first-order chi connectivity index (χ1) is 17.2. The van der Waals surface area contributed by atoms with Crippen LogP contribution in [-0.4, -0.2) is 23.0 Å². The van der Waals surface area contributed by atoms with Gasteiger partial charge in [-0.1, -0.05) is 30.3 Å². The number of rotatable bonds is 5. The molecule has 0 saturated heterocycles. The molecule has 0 amide bonds. The normalized spacial score (nSPS) is 20.7. The van der Waals surface area contributed by atoms with Gasteiger partial charge in [0.25, 0.3) is 0 Å². The highest BCUT2D eigenvalue weighted by Crippen LogP contribution is 2.54. The number of aromatic nitrogens is 2. The summed E-state index contributed by atoms with van der Waals surface area (Å²) < 4.78 is 43.3. The van der Waals surface area contributed by atoms with E-state index < -0.39 is 11.9 Å². The first-order valence-electron chi connectivity index (χ1n) is 12.1. The zero-order valence-corrected chi connectivity index (χ0v) is 20.0. The molecule has 2 aliphatic carbocycles. The van der Waals surface area contributed by atoms with Crippen molar-refractivity contribution in [2.75, 3.05) is 12.4 Å². The highest BCUT2D eigenvalue weighted by molar-refractivity contribution is 5.69. The van der Waals surface area contributed by atoms with Crippen molar-refractivity contribution in [1.82, 2.24) is 9.97 Å².